The summed E-state index contributed by atoms with van der Waals surface area (Å²) in [5.74, 6) is 0.684. The number of rotatable bonds is 5. The van der Waals surface area contributed by atoms with E-state index in [9.17, 15) is 4.79 Å². The van der Waals surface area contributed by atoms with Crippen molar-refractivity contribution in [2.75, 3.05) is 24.3 Å². The lowest BCUT2D eigenvalue weighted by atomic mass is 10.1. The summed E-state index contributed by atoms with van der Waals surface area (Å²) in [6.07, 6.45) is 1.63. The second-order valence-electron chi connectivity index (χ2n) is 5.83. The van der Waals surface area contributed by atoms with E-state index in [2.05, 4.69) is 15.5 Å². The van der Waals surface area contributed by atoms with E-state index in [1.165, 1.54) is 0 Å². The highest BCUT2D eigenvalue weighted by Gasteiger charge is 2.18. The molecule has 9 heteroatoms. The molecule has 0 saturated carbocycles. The lowest BCUT2D eigenvalue weighted by molar-refractivity contribution is -0.114. The van der Waals surface area contributed by atoms with Crippen molar-refractivity contribution in [3.05, 3.63) is 47.6 Å². The first kappa shape index (κ1) is 19.5. The molecule has 0 aliphatic carbocycles. The van der Waals surface area contributed by atoms with Crippen molar-refractivity contribution < 1.29 is 9.32 Å². The maximum absolute atomic E-state index is 11.7. The monoisotopic (exact) mass is 424 g/mol. The Morgan fingerprint density at radius 2 is 2.00 bits per heavy atom. The van der Waals surface area contributed by atoms with Gasteiger partial charge in [0, 0.05) is 37.6 Å². The van der Waals surface area contributed by atoms with Gasteiger partial charge >= 0.3 is 0 Å². The number of halogens is 3. The number of anilines is 2. The van der Waals surface area contributed by atoms with Crippen LogP contribution in [0.15, 0.2) is 47.1 Å². The van der Waals surface area contributed by atoms with Gasteiger partial charge in [0.15, 0.2) is 10.6 Å². The van der Waals surface area contributed by atoms with Gasteiger partial charge in [-0.3, -0.25) is 4.79 Å². The number of nitrogens with one attached hydrogen (secondary N) is 1. The van der Waals surface area contributed by atoms with Crippen molar-refractivity contribution in [3.63, 3.8) is 0 Å². The van der Waals surface area contributed by atoms with Gasteiger partial charge in [-0.2, -0.15) is 0 Å². The van der Waals surface area contributed by atoms with Crippen molar-refractivity contribution in [2.24, 2.45) is 0 Å². The summed E-state index contributed by atoms with van der Waals surface area (Å²) < 4.78 is 5.48. The van der Waals surface area contributed by atoms with Crippen LogP contribution in [0.25, 0.3) is 22.6 Å². The molecule has 0 aliphatic heterocycles. The number of alkyl halides is 2. The molecule has 0 fully saturated rings. The summed E-state index contributed by atoms with van der Waals surface area (Å²) in [6, 6.07) is 10.5. The zero-order valence-electron chi connectivity index (χ0n) is 14.4. The fraction of sp³-hybridized carbons (Fsp3) is 0.167. The first-order valence-corrected chi connectivity index (χ1v) is 9.10. The summed E-state index contributed by atoms with van der Waals surface area (Å²) in [5.41, 5.74) is 2.49. The van der Waals surface area contributed by atoms with Gasteiger partial charge in [-0.25, -0.2) is 4.98 Å². The molecule has 27 heavy (non-hydrogen) atoms. The van der Waals surface area contributed by atoms with Gasteiger partial charge in [0.25, 0.3) is 5.91 Å². The quantitative estimate of drug-likeness (QED) is 0.591. The van der Waals surface area contributed by atoms with Crippen molar-refractivity contribution in [2.45, 2.75) is 4.84 Å². The standard InChI is InChI=1S/C18H15Cl3N4O2/c1-25(2)17-15(12(19)6-7-22-17)13-9-14(27-24-13)10-4-3-5-11(8-10)23-18(26)16(20)21/h3-9,16H,1-2H3,(H,23,26). The van der Waals surface area contributed by atoms with E-state index < -0.39 is 10.7 Å². The predicted molar refractivity (Wildman–Crippen MR) is 109 cm³/mol. The number of benzene rings is 1. The Labute approximate surface area is 171 Å². The van der Waals surface area contributed by atoms with Crippen molar-refractivity contribution in [1.82, 2.24) is 10.1 Å². The van der Waals surface area contributed by atoms with E-state index in [4.69, 9.17) is 39.3 Å². The minimum Gasteiger partial charge on any atom is -0.362 e. The summed E-state index contributed by atoms with van der Waals surface area (Å²) in [7, 11) is 3.74. The topological polar surface area (TPSA) is 71.3 Å². The number of nitrogens with zero attached hydrogens (tertiary/aromatic N) is 3. The second-order valence-corrected chi connectivity index (χ2v) is 7.34. The van der Waals surface area contributed by atoms with Gasteiger partial charge in [0.2, 0.25) is 0 Å². The third-order valence-electron chi connectivity index (χ3n) is 3.68. The van der Waals surface area contributed by atoms with Gasteiger partial charge in [-0.1, -0.05) is 52.1 Å². The Balaban J connectivity index is 1.95. The largest absolute Gasteiger partial charge is 0.362 e. The summed E-state index contributed by atoms with van der Waals surface area (Å²) >= 11 is 17.5. The van der Waals surface area contributed by atoms with Gasteiger partial charge in [0.05, 0.1) is 10.6 Å². The molecule has 140 valence electrons. The smallest absolute Gasteiger partial charge is 0.257 e. The molecule has 2 aromatic heterocycles. The fourth-order valence-corrected chi connectivity index (χ4v) is 2.83. The van der Waals surface area contributed by atoms with Crippen LogP contribution in [0.4, 0.5) is 11.5 Å². The molecule has 3 rings (SSSR count). The van der Waals surface area contributed by atoms with Crippen LogP contribution in [0.2, 0.25) is 5.02 Å². The molecular formula is C18H15Cl3N4O2. The second kappa shape index (κ2) is 8.17. The maximum Gasteiger partial charge on any atom is 0.257 e. The molecule has 1 N–H and O–H groups in total. The molecule has 0 spiro atoms. The Hall–Kier alpha value is -2.28. The van der Waals surface area contributed by atoms with Crippen LogP contribution in [0.3, 0.4) is 0 Å². The normalized spacial score (nSPS) is 10.9. The molecule has 0 atom stereocenters. The number of carbonyl (C=O) groups excluding carboxylic acids is 1. The average molecular weight is 426 g/mol. The minimum atomic E-state index is -1.15. The number of hydrogen-bond acceptors (Lipinski definition) is 5. The van der Waals surface area contributed by atoms with Gasteiger partial charge in [-0.05, 0) is 18.2 Å². The van der Waals surface area contributed by atoms with Gasteiger partial charge < -0.3 is 14.7 Å². The predicted octanol–water partition coefficient (Wildman–Crippen LogP) is 4.87. The zero-order chi connectivity index (χ0) is 19.6. The van der Waals surface area contributed by atoms with Crippen molar-refractivity contribution in [1.29, 1.82) is 0 Å². The van der Waals surface area contributed by atoms with E-state index in [0.717, 1.165) is 5.56 Å². The average Bonchev–Trinajstić information content (AvgIpc) is 3.11. The van der Waals surface area contributed by atoms with Crippen LogP contribution in [0.1, 0.15) is 0 Å². The minimum absolute atomic E-state index is 0.508. The molecule has 6 nitrogen and oxygen atoms in total. The molecule has 0 radical (unpaired) electrons. The van der Waals surface area contributed by atoms with Crippen molar-refractivity contribution in [3.8, 4) is 22.6 Å². The number of aromatic nitrogens is 2. The Kier molecular flexibility index (Phi) is 5.89. The maximum atomic E-state index is 11.7. The number of hydrogen-bond donors (Lipinski definition) is 1. The van der Waals surface area contributed by atoms with Gasteiger partial charge in [0.1, 0.15) is 11.5 Å². The van der Waals surface area contributed by atoms with Crippen LogP contribution in [-0.2, 0) is 4.79 Å². The summed E-state index contributed by atoms with van der Waals surface area (Å²) in [4.78, 5) is 16.7. The van der Waals surface area contributed by atoms with Crippen molar-refractivity contribution >= 4 is 52.2 Å². The third-order valence-corrected chi connectivity index (χ3v) is 4.39. The van der Waals surface area contributed by atoms with E-state index in [0.29, 0.717) is 33.5 Å². The third kappa shape index (κ3) is 4.35. The number of amides is 1. The van der Waals surface area contributed by atoms with E-state index in [1.807, 2.05) is 25.1 Å². The first-order chi connectivity index (χ1) is 12.9. The molecule has 0 unspecified atom stereocenters. The summed E-state index contributed by atoms with van der Waals surface area (Å²) in [6.45, 7) is 0. The highest BCUT2D eigenvalue weighted by Crippen LogP contribution is 2.36. The molecule has 0 aliphatic rings. The van der Waals surface area contributed by atoms with Crippen LogP contribution in [-0.4, -0.2) is 35.0 Å². The zero-order valence-corrected chi connectivity index (χ0v) is 16.7. The molecule has 0 saturated heterocycles. The lowest BCUT2D eigenvalue weighted by Crippen LogP contribution is -2.18. The van der Waals surface area contributed by atoms with Crippen LogP contribution >= 0.6 is 34.8 Å². The Morgan fingerprint density at radius 1 is 1.22 bits per heavy atom. The molecular weight excluding hydrogens is 411 g/mol. The fourth-order valence-electron chi connectivity index (χ4n) is 2.48. The molecule has 1 amide bonds. The Bertz CT molecular complexity index is 973. The molecule has 1 aromatic carbocycles. The molecule has 2 heterocycles. The van der Waals surface area contributed by atoms with Crippen LogP contribution in [0, 0.1) is 0 Å². The lowest BCUT2D eigenvalue weighted by Gasteiger charge is -2.15. The molecule has 0 bridgehead atoms. The van der Waals surface area contributed by atoms with E-state index >= 15 is 0 Å². The highest BCUT2D eigenvalue weighted by atomic mass is 35.5. The Morgan fingerprint density at radius 3 is 2.70 bits per heavy atom. The van der Waals surface area contributed by atoms with Crippen LogP contribution in [0.5, 0.6) is 0 Å². The van der Waals surface area contributed by atoms with E-state index in [-0.39, 0.29) is 0 Å². The highest BCUT2D eigenvalue weighted by molar-refractivity contribution is 6.54. The van der Waals surface area contributed by atoms with Crippen LogP contribution < -0.4 is 10.2 Å². The van der Waals surface area contributed by atoms with E-state index in [1.54, 1.807) is 36.5 Å². The first-order valence-electron chi connectivity index (χ1n) is 7.85. The number of carbonyl (C=O) groups is 1. The number of pyridine rings is 1. The van der Waals surface area contributed by atoms with Gasteiger partial charge in [-0.15, -0.1) is 0 Å². The summed E-state index contributed by atoms with van der Waals surface area (Å²) in [5, 5.41) is 7.27. The SMILES string of the molecule is CN(C)c1nccc(Cl)c1-c1cc(-c2cccc(NC(=O)C(Cl)Cl)c2)on1. The molecule has 3 aromatic rings.